The number of piperidine rings is 1. The van der Waals surface area contributed by atoms with Crippen LogP contribution in [0.5, 0.6) is 0 Å². The van der Waals surface area contributed by atoms with Crippen LogP contribution >= 0.6 is 11.6 Å². The van der Waals surface area contributed by atoms with Crippen LogP contribution in [0.2, 0.25) is 5.02 Å². The molecule has 1 fully saturated rings. The number of nitrogens with one attached hydrogen (secondary N) is 1. The molecule has 5 rings (SSSR count). The van der Waals surface area contributed by atoms with E-state index in [-0.39, 0.29) is 28.1 Å². The van der Waals surface area contributed by atoms with Gasteiger partial charge >= 0.3 is 12.4 Å². The molecule has 246 valence electrons. The second kappa shape index (κ2) is 13.2. The number of hydroxylamine groups is 2. The van der Waals surface area contributed by atoms with Crippen LogP contribution in [-0.4, -0.2) is 65.4 Å². The molecule has 0 unspecified atom stereocenters. The molecule has 3 aromatic rings. The highest BCUT2D eigenvalue weighted by Crippen LogP contribution is 2.52. The Morgan fingerprint density at radius 3 is 2.07 bits per heavy atom. The van der Waals surface area contributed by atoms with Crippen molar-refractivity contribution in [1.29, 1.82) is 0 Å². The lowest BCUT2D eigenvalue weighted by Gasteiger charge is -2.35. The summed E-state index contributed by atoms with van der Waals surface area (Å²) in [6, 6.07) is 16.5. The van der Waals surface area contributed by atoms with Crippen LogP contribution in [0.15, 0.2) is 66.7 Å². The highest BCUT2D eigenvalue weighted by molar-refractivity contribution is 6.33. The third-order valence-corrected chi connectivity index (χ3v) is 9.06. The van der Waals surface area contributed by atoms with E-state index in [9.17, 15) is 41.1 Å². The maximum atomic E-state index is 13.7. The molecule has 1 aliphatic carbocycles. The Hall–Kier alpha value is -3.61. The lowest BCUT2D eigenvalue weighted by Crippen LogP contribution is -2.48. The van der Waals surface area contributed by atoms with Gasteiger partial charge in [0.1, 0.15) is 12.0 Å². The van der Waals surface area contributed by atoms with E-state index in [1.807, 2.05) is 12.1 Å². The number of halogens is 7. The number of fused-ring (bicyclic) bond motifs is 3. The topological polar surface area (TPSA) is 72.9 Å². The second-order valence-electron chi connectivity index (χ2n) is 11.7. The fourth-order valence-corrected chi connectivity index (χ4v) is 6.76. The van der Waals surface area contributed by atoms with Crippen LogP contribution in [0, 0.1) is 0 Å². The summed E-state index contributed by atoms with van der Waals surface area (Å²) in [5.74, 6) is -1.70. The first-order chi connectivity index (χ1) is 21.7. The van der Waals surface area contributed by atoms with E-state index in [0.717, 1.165) is 29.3 Å². The molecule has 13 heteroatoms. The number of rotatable bonds is 9. The third kappa shape index (κ3) is 7.03. The number of amides is 2. The van der Waals surface area contributed by atoms with Crippen LogP contribution in [0.1, 0.15) is 59.2 Å². The predicted octanol–water partition coefficient (Wildman–Crippen LogP) is 7.47. The number of nitrogens with zero attached hydrogens (tertiary/aromatic N) is 2. The van der Waals surface area contributed by atoms with E-state index >= 15 is 0 Å². The number of benzene rings is 3. The van der Waals surface area contributed by atoms with Crippen LogP contribution < -0.4 is 5.32 Å². The number of hydrogen-bond donors (Lipinski definition) is 2. The summed E-state index contributed by atoms with van der Waals surface area (Å²) in [4.78, 5) is 28.6. The first-order valence-electron chi connectivity index (χ1n) is 14.9. The van der Waals surface area contributed by atoms with Crippen molar-refractivity contribution in [3.05, 3.63) is 94.0 Å². The molecular weight excluding hydrogens is 636 g/mol. The molecule has 3 aromatic carbocycles. The fourth-order valence-electron chi connectivity index (χ4n) is 6.56. The molecule has 0 spiro atoms. The Kier molecular flexibility index (Phi) is 9.72. The quantitative estimate of drug-likeness (QED) is 0.108. The molecule has 2 aliphatic rings. The van der Waals surface area contributed by atoms with Crippen molar-refractivity contribution in [3.63, 3.8) is 0 Å². The van der Waals surface area contributed by atoms with Gasteiger partial charge < -0.3 is 10.2 Å². The molecule has 0 saturated carbocycles. The van der Waals surface area contributed by atoms with Crippen LogP contribution in [0.3, 0.4) is 0 Å². The summed E-state index contributed by atoms with van der Waals surface area (Å²) in [5.41, 5.74) is -0.106. The Morgan fingerprint density at radius 2 is 1.50 bits per heavy atom. The number of hydrogen-bond acceptors (Lipinski definition) is 4. The maximum Gasteiger partial charge on any atom is 0.416 e. The zero-order valence-corrected chi connectivity index (χ0v) is 25.4. The van der Waals surface area contributed by atoms with Crippen molar-refractivity contribution in [2.75, 3.05) is 26.2 Å². The minimum absolute atomic E-state index is 0.0746. The van der Waals surface area contributed by atoms with Gasteiger partial charge in [-0.05, 0) is 72.7 Å². The van der Waals surface area contributed by atoms with E-state index in [4.69, 9.17) is 11.6 Å². The van der Waals surface area contributed by atoms with Gasteiger partial charge in [-0.2, -0.15) is 26.3 Å². The first kappa shape index (κ1) is 33.7. The van der Waals surface area contributed by atoms with E-state index in [1.54, 1.807) is 36.4 Å². The van der Waals surface area contributed by atoms with Gasteiger partial charge in [-0.15, -0.1) is 0 Å². The Balaban J connectivity index is 1.21. The van der Waals surface area contributed by atoms with Crippen molar-refractivity contribution >= 4 is 23.4 Å². The van der Waals surface area contributed by atoms with Gasteiger partial charge in [0, 0.05) is 19.1 Å². The molecule has 0 radical (unpaired) electrons. The third-order valence-electron chi connectivity index (χ3n) is 8.73. The first-order valence-corrected chi connectivity index (χ1v) is 15.3. The van der Waals surface area contributed by atoms with Gasteiger partial charge in [-0.3, -0.25) is 14.8 Å². The summed E-state index contributed by atoms with van der Waals surface area (Å²) in [5, 5.41) is 12.9. The predicted molar refractivity (Wildman–Crippen MR) is 159 cm³/mol. The zero-order chi connectivity index (χ0) is 33.3. The highest BCUT2D eigenvalue weighted by Gasteiger charge is 2.51. The zero-order valence-electron chi connectivity index (χ0n) is 24.6. The minimum atomic E-state index is -4.78. The van der Waals surface area contributed by atoms with Crippen LogP contribution in [0.25, 0.3) is 11.1 Å². The molecule has 1 saturated heterocycles. The maximum absolute atomic E-state index is 13.7. The number of carbonyl (C=O) groups is 2. The number of carbonyl (C=O) groups excluding carboxylic acids is 2. The van der Waals surface area contributed by atoms with Crippen molar-refractivity contribution in [2.45, 2.75) is 55.9 Å². The largest absolute Gasteiger partial charge is 0.416 e. The van der Waals surface area contributed by atoms with Crippen molar-refractivity contribution in [3.8, 4) is 11.1 Å². The highest BCUT2D eigenvalue weighted by atomic mass is 35.5. The Labute approximate surface area is 266 Å². The second-order valence-corrected chi connectivity index (χ2v) is 12.1. The van der Waals surface area contributed by atoms with Gasteiger partial charge in [0.15, 0.2) is 0 Å². The number of unbranched alkanes of at least 4 members (excludes halogenated alkanes) is 1. The molecule has 2 N–H and O–H groups in total. The molecule has 1 heterocycles. The number of alkyl halides is 6. The number of likely N-dealkylation sites (tertiary alicyclic amines) is 1. The SMILES string of the molecule is O=C(NC1CCN(CCCCC2(C(=O)N(O)CC(F)(F)F)c3ccccc3-c3ccccc32)CC1)c1cc(C(F)(F)F)ccc1Cl. The average molecular weight is 668 g/mol. The van der Waals surface area contributed by atoms with E-state index in [1.165, 1.54) is 0 Å². The molecular formula is C33H32ClF6N3O3. The van der Waals surface area contributed by atoms with Gasteiger partial charge in [0.05, 0.1) is 16.1 Å². The monoisotopic (exact) mass is 667 g/mol. The molecule has 2 amide bonds. The normalized spacial score (nSPS) is 16.5. The molecule has 1 aliphatic heterocycles. The summed E-state index contributed by atoms with van der Waals surface area (Å²) < 4.78 is 79.0. The molecule has 0 bridgehead atoms. The van der Waals surface area contributed by atoms with Crippen LogP contribution in [0.4, 0.5) is 26.3 Å². The smallest absolute Gasteiger partial charge is 0.349 e. The standard InChI is InChI=1S/C33H32ClF6N3O3/c34-28-12-11-21(33(38,39)40)19-25(28)29(44)41-22-13-17-42(18-14-22)16-6-5-15-31(30(45)43(46)20-32(35,36)37)26-9-3-1-7-23(26)24-8-2-4-10-27(24)31/h1-4,7-12,19,22,46H,5-6,13-18,20H2,(H,41,44). The summed E-state index contributed by atoms with van der Waals surface area (Å²) in [7, 11) is 0. The lowest BCUT2D eigenvalue weighted by atomic mass is 9.73. The van der Waals surface area contributed by atoms with E-state index in [0.29, 0.717) is 56.4 Å². The average Bonchev–Trinajstić information content (AvgIpc) is 3.29. The molecule has 46 heavy (non-hydrogen) atoms. The lowest BCUT2D eigenvalue weighted by molar-refractivity contribution is -0.215. The Bertz CT molecular complexity index is 1540. The van der Waals surface area contributed by atoms with Crippen molar-refractivity contribution < 1.29 is 41.1 Å². The molecule has 6 nitrogen and oxygen atoms in total. The summed E-state index contributed by atoms with van der Waals surface area (Å²) in [6.07, 6.45) is -7.01. The van der Waals surface area contributed by atoms with Gasteiger partial charge in [-0.1, -0.05) is 66.6 Å². The summed E-state index contributed by atoms with van der Waals surface area (Å²) >= 11 is 6.01. The molecule has 0 aromatic heterocycles. The van der Waals surface area contributed by atoms with Crippen molar-refractivity contribution in [2.24, 2.45) is 0 Å². The molecule has 0 atom stereocenters. The summed E-state index contributed by atoms with van der Waals surface area (Å²) in [6.45, 7) is 0.0441. The minimum Gasteiger partial charge on any atom is -0.349 e. The van der Waals surface area contributed by atoms with Crippen LogP contribution in [-0.2, 0) is 16.4 Å². The van der Waals surface area contributed by atoms with E-state index < -0.39 is 41.7 Å². The van der Waals surface area contributed by atoms with E-state index in [2.05, 4.69) is 10.2 Å². The van der Waals surface area contributed by atoms with Crippen molar-refractivity contribution in [1.82, 2.24) is 15.3 Å². The Morgan fingerprint density at radius 1 is 0.913 bits per heavy atom. The fraction of sp³-hybridized carbons (Fsp3) is 0.394. The van der Waals surface area contributed by atoms with Gasteiger partial charge in [0.2, 0.25) is 0 Å². The van der Waals surface area contributed by atoms with Gasteiger partial charge in [-0.25, -0.2) is 5.06 Å². The van der Waals surface area contributed by atoms with Gasteiger partial charge in [0.25, 0.3) is 11.8 Å².